The fourth-order valence-corrected chi connectivity index (χ4v) is 1.82. The zero-order chi connectivity index (χ0) is 12.6. The van der Waals surface area contributed by atoms with Crippen molar-refractivity contribution in [2.75, 3.05) is 0 Å². The molecular weight excluding hydrogens is 216 g/mol. The maximum Gasteiger partial charge on any atom is 0.169 e. The molecule has 0 radical (unpaired) electrons. The minimum absolute atomic E-state index is 0.177. The predicted octanol–water partition coefficient (Wildman–Crippen LogP) is 3.09. The van der Waals surface area contributed by atoms with Gasteiger partial charge in [-0.05, 0) is 11.5 Å². The maximum atomic E-state index is 11.9. The first-order chi connectivity index (χ1) is 8.02. The Bertz CT molecular complexity index is 585. The first kappa shape index (κ1) is 11.5. The van der Waals surface area contributed by atoms with Crippen LogP contribution in [0.4, 0.5) is 0 Å². The van der Waals surface area contributed by atoms with E-state index in [1.807, 2.05) is 6.07 Å². The summed E-state index contributed by atoms with van der Waals surface area (Å²) in [5, 5.41) is 21.0. The Morgan fingerprint density at radius 3 is 2.41 bits per heavy atom. The van der Waals surface area contributed by atoms with Crippen molar-refractivity contribution in [3.05, 3.63) is 35.9 Å². The molecular formula is C14H14O3. The smallest absolute Gasteiger partial charge is 0.169 e. The van der Waals surface area contributed by atoms with Crippen LogP contribution in [0.25, 0.3) is 10.8 Å². The number of phenols is 2. The summed E-state index contributed by atoms with van der Waals surface area (Å²) in [6.07, 6.45) is 0. The van der Waals surface area contributed by atoms with Crippen LogP contribution in [0.3, 0.4) is 0 Å². The fourth-order valence-electron chi connectivity index (χ4n) is 1.82. The highest BCUT2D eigenvalue weighted by Gasteiger charge is 2.19. The quantitative estimate of drug-likeness (QED) is 0.615. The molecule has 2 aromatic rings. The molecule has 0 saturated carbocycles. The van der Waals surface area contributed by atoms with E-state index in [0.717, 1.165) is 5.39 Å². The normalized spacial score (nSPS) is 11.0. The van der Waals surface area contributed by atoms with Gasteiger partial charge in [0.1, 0.15) is 0 Å². The Kier molecular flexibility index (Phi) is 2.76. The van der Waals surface area contributed by atoms with Crippen LogP contribution in [0.1, 0.15) is 24.2 Å². The van der Waals surface area contributed by atoms with Gasteiger partial charge in [0.05, 0.1) is 5.56 Å². The van der Waals surface area contributed by atoms with Gasteiger partial charge in [0, 0.05) is 11.3 Å². The van der Waals surface area contributed by atoms with E-state index < -0.39 is 0 Å². The number of hydrogen-bond donors (Lipinski definition) is 2. The number of hydrogen-bond acceptors (Lipinski definition) is 3. The summed E-state index contributed by atoms with van der Waals surface area (Å²) in [4.78, 5) is 11.9. The molecule has 2 rings (SSSR count). The van der Waals surface area contributed by atoms with Crippen LogP contribution in [-0.4, -0.2) is 16.0 Å². The molecule has 0 bridgehead atoms. The highest BCUT2D eigenvalue weighted by atomic mass is 16.3. The molecule has 2 N–H and O–H groups in total. The van der Waals surface area contributed by atoms with Crippen molar-refractivity contribution >= 4 is 16.6 Å². The van der Waals surface area contributed by atoms with Crippen molar-refractivity contribution in [2.45, 2.75) is 13.8 Å². The molecule has 2 aromatic carbocycles. The van der Waals surface area contributed by atoms with Crippen LogP contribution in [0.5, 0.6) is 11.5 Å². The van der Waals surface area contributed by atoms with Crippen molar-refractivity contribution in [3.8, 4) is 11.5 Å². The molecule has 17 heavy (non-hydrogen) atoms. The Labute approximate surface area is 99.3 Å². The molecule has 0 unspecified atom stereocenters. The topological polar surface area (TPSA) is 57.5 Å². The number of rotatable bonds is 2. The Morgan fingerprint density at radius 2 is 1.76 bits per heavy atom. The monoisotopic (exact) mass is 230 g/mol. The summed E-state index contributed by atoms with van der Waals surface area (Å²) in [6.45, 7) is 3.52. The second-order valence-corrected chi connectivity index (χ2v) is 4.36. The molecule has 0 aromatic heterocycles. The maximum absolute atomic E-state index is 11.9. The van der Waals surface area contributed by atoms with Crippen LogP contribution in [0, 0.1) is 5.92 Å². The van der Waals surface area contributed by atoms with Crippen molar-refractivity contribution < 1.29 is 15.0 Å². The lowest BCUT2D eigenvalue weighted by Gasteiger charge is -2.10. The zero-order valence-electron chi connectivity index (χ0n) is 9.77. The van der Waals surface area contributed by atoms with Gasteiger partial charge in [0.15, 0.2) is 17.3 Å². The third-order valence-corrected chi connectivity index (χ3v) is 2.79. The average molecular weight is 230 g/mol. The molecule has 0 aliphatic carbocycles. The van der Waals surface area contributed by atoms with Gasteiger partial charge in [-0.1, -0.05) is 38.1 Å². The summed E-state index contributed by atoms with van der Waals surface area (Å²) in [6, 6.07) is 8.71. The van der Waals surface area contributed by atoms with Crippen molar-refractivity contribution in [3.63, 3.8) is 0 Å². The number of phenolic OH excluding ortho intramolecular Hbond substituents is 2. The van der Waals surface area contributed by atoms with Gasteiger partial charge < -0.3 is 10.2 Å². The largest absolute Gasteiger partial charge is 0.504 e. The number of carbonyl (C=O) groups excluding carboxylic acids is 1. The molecule has 88 valence electrons. The van der Waals surface area contributed by atoms with Gasteiger partial charge in [0.2, 0.25) is 0 Å². The highest BCUT2D eigenvalue weighted by Crippen LogP contribution is 2.37. The fraction of sp³-hybridized carbons (Fsp3) is 0.214. The van der Waals surface area contributed by atoms with Gasteiger partial charge in [-0.25, -0.2) is 0 Å². The lowest BCUT2D eigenvalue weighted by molar-refractivity contribution is 0.0936. The Balaban J connectivity index is 2.74. The van der Waals surface area contributed by atoms with E-state index >= 15 is 0 Å². The second kappa shape index (κ2) is 4.09. The van der Waals surface area contributed by atoms with Crippen LogP contribution < -0.4 is 0 Å². The summed E-state index contributed by atoms with van der Waals surface area (Å²) < 4.78 is 0. The van der Waals surface area contributed by atoms with Gasteiger partial charge in [0.25, 0.3) is 0 Å². The third-order valence-electron chi connectivity index (χ3n) is 2.79. The van der Waals surface area contributed by atoms with E-state index in [2.05, 4.69) is 0 Å². The Hall–Kier alpha value is -2.03. The number of aromatic hydroxyl groups is 2. The van der Waals surface area contributed by atoms with Crippen molar-refractivity contribution in [1.29, 1.82) is 0 Å². The van der Waals surface area contributed by atoms with Crippen LogP contribution in [0.15, 0.2) is 30.3 Å². The first-order valence-electron chi connectivity index (χ1n) is 5.50. The highest BCUT2D eigenvalue weighted by molar-refractivity contribution is 6.06. The predicted molar refractivity (Wildman–Crippen MR) is 66.4 cm³/mol. The van der Waals surface area contributed by atoms with Crippen LogP contribution >= 0.6 is 0 Å². The van der Waals surface area contributed by atoms with Crippen LogP contribution in [0.2, 0.25) is 0 Å². The molecule has 0 spiro atoms. The zero-order valence-corrected chi connectivity index (χ0v) is 9.77. The summed E-state index contributed by atoms with van der Waals surface area (Å²) in [5.41, 5.74) is 0.177. The lowest BCUT2D eigenvalue weighted by atomic mass is 9.96. The molecule has 0 saturated heterocycles. The number of ketones is 1. The van der Waals surface area contributed by atoms with Gasteiger partial charge in [-0.2, -0.15) is 0 Å². The molecule has 0 amide bonds. The van der Waals surface area contributed by atoms with E-state index in [4.69, 9.17) is 0 Å². The lowest BCUT2D eigenvalue weighted by Crippen LogP contribution is -2.07. The summed E-state index contributed by atoms with van der Waals surface area (Å²) in [5.74, 6) is -0.959. The molecule has 0 heterocycles. The minimum Gasteiger partial charge on any atom is -0.504 e. The van der Waals surface area contributed by atoms with Crippen molar-refractivity contribution in [2.24, 2.45) is 5.92 Å². The van der Waals surface area contributed by atoms with E-state index in [-0.39, 0.29) is 28.8 Å². The summed E-state index contributed by atoms with van der Waals surface area (Å²) >= 11 is 0. The van der Waals surface area contributed by atoms with E-state index in [0.29, 0.717) is 5.39 Å². The van der Waals surface area contributed by atoms with Crippen LogP contribution in [-0.2, 0) is 0 Å². The van der Waals surface area contributed by atoms with E-state index in [1.165, 1.54) is 0 Å². The van der Waals surface area contributed by atoms with E-state index in [9.17, 15) is 15.0 Å². The molecule has 3 nitrogen and oxygen atoms in total. The molecule has 0 atom stereocenters. The number of fused-ring (bicyclic) bond motifs is 1. The number of Topliss-reactive ketones (excluding diaryl/α,β-unsaturated/α-hetero) is 1. The van der Waals surface area contributed by atoms with E-state index in [1.54, 1.807) is 38.1 Å². The standard InChI is InChI=1S/C14H14O3/c1-8(2)12(15)11-7-9-5-3-4-6-10(9)13(16)14(11)17/h3-8,16-17H,1-2H3. The van der Waals surface area contributed by atoms with Gasteiger partial charge in [-0.3, -0.25) is 4.79 Å². The van der Waals surface area contributed by atoms with Crippen molar-refractivity contribution in [1.82, 2.24) is 0 Å². The molecule has 0 fully saturated rings. The SMILES string of the molecule is CC(C)C(=O)c1cc2ccccc2c(O)c1O. The average Bonchev–Trinajstić information content (AvgIpc) is 2.33. The number of carbonyl (C=O) groups is 1. The number of benzene rings is 2. The second-order valence-electron chi connectivity index (χ2n) is 4.36. The minimum atomic E-state index is -0.331. The third kappa shape index (κ3) is 1.84. The summed E-state index contributed by atoms with van der Waals surface area (Å²) in [7, 11) is 0. The van der Waals surface area contributed by atoms with Gasteiger partial charge in [-0.15, -0.1) is 0 Å². The molecule has 0 aliphatic heterocycles. The van der Waals surface area contributed by atoms with Gasteiger partial charge >= 0.3 is 0 Å². The Morgan fingerprint density at radius 1 is 1.12 bits per heavy atom. The molecule has 0 aliphatic rings. The molecule has 3 heteroatoms. The first-order valence-corrected chi connectivity index (χ1v) is 5.50.